The summed E-state index contributed by atoms with van der Waals surface area (Å²) in [4.78, 5) is 12.0. The normalized spacial score (nSPS) is 18.8. The van der Waals surface area contributed by atoms with Crippen LogP contribution in [0.2, 0.25) is 0 Å². The SMILES string of the molecule is CC1(N(Cc2ccc(CN)cc2)Cc2ccccn2)CCCc2cccnc21. The molecule has 144 valence electrons. The fraction of sp³-hybridized carbons (Fsp3) is 0.333. The third kappa shape index (κ3) is 3.84. The molecule has 1 aliphatic carbocycles. The Morgan fingerprint density at radius 2 is 1.71 bits per heavy atom. The lowest BCUT2D eigenvalue weighted by atomic mass is 9.79. The van der Waals surface area contributed by atoms with Gasteiger partial charge in [-0.2, -0.15) is 0 Å². The molecule has 4 rings (SSSR count). The highest BCUT2D eigenvalue weighted by molar-refractivity contribution is 5.30. The second kappa shape index (κ2) is 8.21. The van der Waals surface area contributed by atoms with E-state index in [0.717, 1.165) is 37.2 Å². The molecule has 0 bridgehead atoms. The third-order valence-corrected chi connectivity index (χ3v) is 5.92. The summed E-state index contributed by atoms with van der Waals surface area (Å²) in [6.07, 6.45) is 7.20. The quantitative estimate of drug-likeness (QED) is 0.705. The van der Waals surface area contributed by atoms with Crippen molar-refractivity contribution >= 4 is 0 Å². The highest BCUT2D eigenvalue weighted by Gasteiger charge is 2.39. The number of nitrogens with two attached hydrogens (primary N) is 1. The van der Waals surface area contributed by atoms with Crippen molar-refractivity contribution in [1.29, 1.82) is 0 Å². The highest BCUT2D eigenvalue weighted by Crippen LogP contribution is 2.40. The molecule has 0 fully saturated rings. The minimum atomic E-state index is -0.112. The average Bonchev–Trinajstić information content (AvgIpc) is 2.75. The van der Waals surface area contributed by atoms with E-state index in [1.165, 1.54) is 23.2 Å². The van der Waals surface area contributed by atoms with Crippen molar-refractivity contribution in [2.75, 3.05) is 0 Å². The van der Waals surface area contributed by atoms with Crippen LogP contribution in [0.1, 0.15) is 47.8 Å². The van der Waals surface area contributed by atoms with Gasteiger partial charge in [-0.05, 0) is 61.1 Å². The molecule has 0 saturated heterocycles. The van der Waals surface area contributed by atoms with Crippen LogP contribution in [-0.2, 0) is 31.6 Å². The van der Waals surface area contributed by atoms with E-state index < -0.39 is 0 Å². The summed E-state index contributed by atoms with van der Waals surface area (Å²) in [6.45, 7) is 4.57. The van der Waals surface area contributed by atoms with Crippen LogP contribution in [0.4, 0.5) is 0 Å². The molecule has 2 heterocycles. The van der Waals surface area contributed by atoms with Gasteiger partial charge in [0.2, 0.25) is 0 Å². The summed E-state index contributed by atoms with van der Waals surface area (Å²) in [5.74, 6) is 0. The Kier molecular flexibility index (Phi) is 5.51. The van der Waals surface area contributed by atoms with Crippen molar-refractivity contribution in [3.05, 3.63) is 95.1 Å². The van der Waals surface area contributed by atoms with E-state index in [9.17, 15) is 0 Å². The largest absolute Gasteiger partial charge is 0.326 e. The van der Waals surface area contributed by atoms with Gasteiger partial charge in [0.15, 0.2) is 0 Å². The van der Waals surface area contributed by atoms with Gasteiger partial charge >= 0.3 is 0 Å². The lowest BCUT2D eigenvalue weighted by molar-refractivity contribution is 0.0612. The van der Waals surface area contributed by atoms with E-state index in [1.54, 1.807) is 0 Å². The Hall–Kier alpha value is -2.56. The summed E-state index contributed by atoms with van der Waals surface area (Å²) in [6, 6.07) is 19.1. The topological polar surface area (TPSA) is 55.0 Å². The van der Waals surface area contributed by atoms with Crippen LogP contribution in [0.3, 0.4) is 0 Å². The van der Waals surface area contributed by atoms with Gasteiger partial charge in [0.05, 0.1) is 16.9 Å². The van der Waals surface area contributed by atoms with Gasteiger partial charge in [-0.1, -0.05) is 36.4 Å². The molecule has 3 aromatic rings. The third-order valence-electron chi connectivity index (χ3n) is 5.92. The molecule has 2 aromatic heterocycles. The number of hydrogen-bond donors (Lipinski definition) is 1. The van der Waals surface area contributed by atoms with E-state index in [1.807, 2.05) is 18.5 Å². The first-order valence-corrected chi connectivity index (χ1v) is 10.1. The van der Waals surface area contributed by atoms with Gasteiger partial charge in [0.25, 0.3) is 0 Å². The van der Waals surface area contributed by atoms with E-state index >= 15 is 0 Å². The molecule has 0 aliphatic heterocycles. The summed E-state index contributed by atoms with van der Waals surface area (Å²) in [5.41, 5.74) is 11.8. The van der Waals surface area contributed by atoms with Gasteiger partial charge < -0.3 is 5.73 Å². The van der Waals surface area contributed by atoms with Gasteiger partial charge in [-0.15, -0.1) is 0 Å². The van der Waals surface area contributed by atoms with E-state index in [-0.39, 0.29) is 5.54 Å². The Morgan fingerprint density at radius 1 is 0.929 bits per heavy atom. The zero-order chi connectivity index (χ0) is 19.4. The number of benzene rings is 1. The molecule has 1 unspecified atom stereocenters. The van der Waals surface area contributed by atoms with E-state index in [4.69, 9.17) is 10.7 Å². The van der Waals surface area contributed by atoms with Crippen molar-refractivity contribution in [3.63, 3.8) is 0 Å². The number of aromatic nitrogens is 2. The molecule has 4 nitrogen and oxygen atoms in total. The molecular weight excluding hydrogens is 344 g/mol. The van der Waals surface area contributed by atoms with E-state index in [0.29, 0.717) is 6.54 Å². The Labute approximate surface area is 167 Å². The number of aryl methyl sites for hydroxylation is 1. The predicted molar refractivity (Wildman–Crippen MR) is 112 cm³/mol. The first-order valence-electron chi connectivity index (χ1n) is 10.1. The Bertz CT molecular complexity index is 907. The van der Waals surface area contributed by atoms with Crippen molar-refractivity contribution in [1.82, 2.24) is 14.9 Å². The minimum Gasteiger partial charge on any atom is -0.326 e. The smallest absolute Gasteiger partial charge is 0.0636 e. The molecule has 0 saturated carbocycles. The lowest BCUT2D eigenvalue weighted by Gasteiger charge is -2.44. The van der Waals surface area contributed by atoms with Gasteiger partial charge in [0, 0.05) is 32.0 Å². The first-order chi connectivity index (χ1) is 13.7. The van der Waals surface area contributed by atoms with Crippen molar-refractivity contribution in [3.8, 4) is 0 Å². The van der Waals surface area contributed by atoms with Crippen LogP contribution in [-0.4, -0.2) is 14.9 Å². The maximum Gasteiger partial charge on any atom is 0.0636 e. The van der Waals surface area contributed by atoms with Crippen LogP contribution >= 0.6 is 0 Å². The number of pyridine rings is 2. The molecule has 0 amide bonds. The van der Waals surface area contributed by atoms with Crippen LogP contribution < -0.4 is 5.73 Å². The van der Waals surface area contributed by atoms with Gasteiger partial charge in [-0.25, -0.2) is 0 Å². The fourth-order valence-electron chi connectivity index (χ4n) is 4.27. The van der Waals surface area contributed by atoms with E-state index in [2.05, 4.69) is 65.3 Å². The van der Waals surface area contributed by atoms with Crippen LogP contribution in [0.5, 0.6) is 0 Å². The summed E-state index contributed by atoms with van der Waals surface area (Å²) in [5, 5.41) is 0. The van der Waals surface area contributed by atoms with Crippen molar-refractivity contribution < 1.29 is 0 Å². The zero-order valence-corrected chi connectivity index (χ0v) is 16.5. The predicted octanol–water partition coefficient (Wildman–Crippen LogP) is 4.19. The van der Waals surface area contributed by atoms with Gasteiger partial charge in [0.1, 0.15) is 0 Å². The molecule has 0 spiro atoms. The second-order valence-corrected chi connectivity index (χ2v) is 7.84. The Morgan fingerprint density at radius 3 is 2.46 bits per heavy atom. The summed E-state index contributed by atoms with van der Waals surface area (Å²) < 4.78 is 0. The number of nitrogens with zero attached hydrogens (tertiary/aromatic N) is 3. The first kappa shape index (κ1) is 18.8. The van der Waals surface area contributed by atoms with Crippen molar-refractivity contribution in [2.45, 2.75) is 51.4 Å². The molecule has 1 aromatic carbocycles. The molecule has 1 atom stereocenters. The van der Waals surface area contributed by atoms with Gasteiger partial charge in [-0.3, -0.25) is 14.9 Å². The maximum absolute atomic E-state index is 5.77. The average molecular weight is 373 g/mol. The molecule has 4 heteroatoms. The minimum absolute atomic E-state index is 0.112. The fourth-order valence-corrected chi connectivity index (χ4v) is 4.27. The number of rotatable bonds is 6. The summed E-state index contributed by atoms with van der Waals surface area (Å²) in [7, 11) is 0. The van der Waals surface area contributed by atoms with Crippen LogP contribution in [0, 0.1) is 0 Å². The van der Waals surface area contributed by atoms with Crippen LogP contribution in [0.25, 0.3) is 0 Å². The number of hydrogen-bond acceptors (Lipinski definition) is 4. The molecule has 2 N–H and O–H groups in total. The second-order valence-electron chi connectivity index (χ2n) is 7.84. The maximum atomic E-state index is 5.77. The monoisotopic (exact) mass is 372 g/mol. The molecule has 0 radical (unpaired) electrons. The van der Waals surface area contributed by atoms with Crippen molar-refractivity contribution in [2.24, 2.45) is 5.73 Å². The molecule has 28 heavy (non-hydrogen) atoms. The standard InChI is InChI=1S/C24H28N4/c1-24(13-4-6-21-7-5-15-27-23(21)24)28(18-22-8-2-3-14-26-22)17-20-11-9-19(16-25)10-12-20/h2-3,5,7-12,14-15H,4,6,13,16-18,25H2,1H3. The zero-order valence-electron chi connectivity index (χ0n) is 16.5. The molecule has 1 aliphatic rings. The number of fused-ring (bicyclic) bond motifs is 1. The van der Waals surface area contributed by atoms with Crippen LogP contribution in [0.15, 0.2) is 67.0 Å². The summed E-state index contributed by atoms with van der Waals surface area (Å²) >= 11 is 0. The molecular formula is C24H28N4. The Balaban J connectivity index is 1.70. The highest BCUT2D eigenvalue weighted by atomic mass is 15.2. The lowest BCUT2D eigenvalue weighted by Crippen LogP contribution is -2.46.